The van der Waals surface area contributed by atoms with Gasteiger partial charge in [0.15, 0.2) is 5.96 Å². The van der Waals surface area contributed by atoms with Gasteiger partial charge in [0.1, 0.15) is 0 Å². The van der Waals surface area contributed by atoms with Crippen LogP contribution in [0.2, 0.25) is 0 Å². The molecule has 0 aromatic rings. The van der Waals surface area contributed by atoms with Crippen LogP contribution >= 0.6 is 0 Å². The van der Waals surface area contributed by atoms with Crippen LogP contribution in [0.3, 0.4) is 0 Å². The topological polar surface area (TPSA) is 60.0 Å². The van der Waals surface area contributed by atoms with Crippen LogP contribution in [0, 0.1) is 11.8 Å². The van der Waals surface area contributed by atoms with Gasteiger partial charge in [0.25, 0.3) is 0 Å². The predicted octanol–water partition coefficient (Wildman–Crippen LogP) is 1.92. The first-order valence-corrected chi connectivity index (χ1v) is 10.5. The molecule has 0 aromatic heterocycles. The van der Waals surface area contributed by atoms with E-state index in [4.69, 9.17) is 0 Å². The zero-order valence-electron chi connectivity index (χ0n) is 17.3. The third-order valence-electron chi connectivity index (χ3n) is 5.99. The average molecular weight is 366 g/mol. The zero-order valence-corrected chi connectivity index (χ0v) is 17.3. The van der Waals surface area contributed by atoms with Crippen LogP contribution in [-0.2, 0) is 4.79 Å². The van der Waals surface area contributed by atoms with Gasteiger partial charge in [-0.05, 0) is 58.0 Å². The lowest BCUT2D eigenvalue weighted by Crippen LogP contribution is -2.51. The summed E-state index contributed by atoms with van der Waals surface area (Å²) in [6.45, 7) is 9.31. The lowest BCUT2D eigenvalue weighted by Gasteiger charge is -2.35. The van der Waals surface area contributed by atoms with E-state index in [9.17, 15) is 4.79 Å². The molecule has 2 fully saturated rings. The van der Waals surface area contributed by atoms with Gasteiger partial charge < -0.3 is 20.4 Å². The van der Waals surface area contributed by atoms with Gasteiger partial charge in [-0.15, -0.1) is 0 Å². The van der Waals surface area contributed by atoms with Gasteiger partial charge in [0, 0.05) is 45.2 Å². The highest BCUT2D eigenvalue weighted by Gasteiger charge is 2.27. The van der Waals surface area contributed by atoms with E-state index in [2.05, 4.69) is 46.3 Å². The third-order valence-corrected chi connectivity index (χ3v) is 5.99. The van der Waals surface area contributed by atoms with Crippen molar-refractivity contribution in [1.82, 2.24) is 20.4 Å². The second-order valence-corrected chi connectivity index (χ2v) is 7.98. The number of rotatable bonds is 6. The smallest absolute Gasteiger partial charge is 0.225 e. The number of likely N-dealkylation sites (tertiary alicyclic amines) is 2. The molecule has 2 aliphatic rings. The number of amides is 1. The Kier molecular flexibility index (Phi) is 8.69. The Balaban J connectivity index is 1.72. The number of aliphatic imine (C=N–C) groups is 1. The van der Waals surface area contributed by atoms with E-state index in [-0.39, 0.29) is 5.92 Å². The van der Waals surface area contributed by atoms with E-state index in [1.165, 1.54) is 25.9 Å². The van der Waals surface area contributed by atoms with Gasteiger partial charge in [0.2, 0.25) is 5.91 Å². The number of nitrogens with zero attached hydrogens (tertiary/aromatic N) is 3. The Morgan fingerprint density at radius 2 is 1.85 bits per heavy atom. The molecule has 26 heavy (non-hydrogen) atoms. The molecule has 2 aliphatic heterocycles. The minimum absolute atomic E-state index is 0.197. The number of hydrogen-bond donors (Lipinski definition) is 2. The number of carbonyl (C=O) groups is 1. The van der Waals surface area contributed by atoms with Gasteiger partial charge in [-0.25, -0.2) is 0 Å². The van der Waals surface area contributed by atoms with E-state index in [0.29, 0.717) is 17.9 Å². The first kappa shape index (κ1) is 21.0. The molecule has 0 radical (unpaired) electrons. The van der Waals surface area contributed by atoms with Crippen LogP contribution in [0.5, 0.6) is 0 Å². The van der Waals surface area contributed by atoms with Crippen LogP contribution < -0.4 is 10.6 Å². The van der Waals surface area contributed by atoms with Crippen molar-refractivity contribution in [3.05, 3.63) is 0 Å². The minimum Gasteiger partial charge on any atom is -0.356 e. The summed E-state index contributed by atoms with van der Waals surface area (Å²) in [5.74, 6) is 2.15. The van der Waals surface area contributed by atoms with Crippen molar-refractivity contribution in [3.8, 4) is 0 Å². The Bertz CT molecular complexity index is 455. The second kappa shape index (κ2) is 10.8. The van der Waals surface area contributed by atoms with Crippen molar-refractivity contribution in [2.24, 2.45) is 16.8 Å². The van der Waals surface area contributed by atoms with E-state index < -0.39 is 0 Å². The molecular formula is C20H39N5O. The largest absolute Gasteiger partial charge is 0.356 e. The summed E-state index contributed by atoms with van der Waals surface area (Å²) in [6, 6.07) is 0.404. The minimum atomic E-state index is 0.197. The van der Waals surface area contributed by atoms with E-state index >= 15 is 0 Å². The normalized spacial score (nSPS) is 23.3. The molecule has 1 amide bonds. The van der Waals surface area contributed by atoms with Gasteiger partial charge in [-0.1, -0.05) is 13.8 Å². The van der Waals surface area contributed by atoms with Crippen LogP contribution in [0.4, 0.5) is 0 Å². The molecule has 6 heteroatoms. The lowest BCUT2D eigenvalue weighted by molar-refractivity contribution is -0.136. The van der Waals surface area contributed by atoms with Gasteiger partial charge in [-0.2, -0.15) is 0 Å². The summed E-state index contributed by atoms with van der Waals surface area (Å²) in [5.41, 5.74) is 0. The first-order valence-electron chi connectivity index (χ1n) is 10.5. The van der Waals surface area contributed by atoms with E-state index in [0.717, 1.165) is 51.3 Å². The van der Waals surface area contributed by atoms with E-state index in [1.54, 1.807) is 0 Å². The summed E-state index contributed by atoms with van der Waals surface area (Å²) >= 11 is 0. The van der Waals surface area contributed by atoms with Crippen LogP contribution in [-0.4, -0.2) is 74.5 Å². The number of piperidine rings is 2. The summed E-state index contributed by atoms with van der Waals surface area (Å²) in [5, 5.41) is 7.07. The van der Waals surface area contributed by atoms with Crippen LogP contribution in [0.1, 0.15) is 52.4 Å². The Labute approximate surface area is 159 Å². The fourth-order valence-electron chi connectivity index (χ4n) is 4.21. The van der Waals surface area contributed by atoms with Gasteiger partial charge >= 0.3 is 0 Å². The van der Waals surface area contributed by atoms with E-state index in [1.807, 2.05) is 7.05 Å². The van der Waals surface area contributed by atoms with Crippen molar-refractivity contribution in [3.63, 3.8) is 0 Å². The highest BCUT2D eigenvalue weighted by molar-refractivity contribution is 5.80. The van der Waals surface area contributed by atoms with Gasteiger partial charge in [0.05, 0.1) is 0 Å². The standard InChI is InChI=1S/C20H39N5O/c1-5-17(6-2)19(26)25-12-9-18(10-13-25)23-20(21-3)22-14-16-8-7-11-24(4)15-16/h16-18H,5-15H2,1-4H3,(H2,21,22,23). The molecule has 1 atom stereocenters. The predicted molar refractivity (Wildman–Crippen MR) is 108 cm³/mol. The van der Waals surface area contributed by atoms with Crippen LogP contribution in [0.25, 0.3) is 0 Å². The van der Waals surface area contributed by atoms with Crippen molar-refractivity contribution >= 4 is 11.9 Å². The number of carbonyl (C=O) groups excluding carboxylic acids is 1. The maximum absolute atomic E-state index is 12.5. The van der Waals surface area contributed by atoms with Crippen molar-refractivity contribution in [2.45, 2.75) is 58.4 Å². The number of guanidine groups is 1. The molecule has 1 unspecified atom stereocenters. The lowest BCUT2D eigenvalue weighted by atomic mass is 9.98. The summed E-state index contributed by atoms with van der Waals surface area (Å²) in [7, 11) is 4.05. The Hall–Kier alpha value is -1.30. The number of hydrogen-bond acceptors (Lipinski definition) is 3. The summed E-state index contributed by atoms with van der Waals surface area (Å²) in [6.07, 6.45) is 6.47. The van der Waals surface area contributed by atoms with Crippen molar-refractivity contribution in [1.29, 1.82) is 0 Å². The monoisotopic (exact) mass is 365 g/mol. The molecule has 2 saturated heterocycles. The fraction of sp³-hybridized carbons (Fsp3) is 0.900. The number of nitrogens with one attached hydrogen (secondary N) is 2. The molecule has 2 heterocycles. The molecule has 0 saturated carbocycles. The second-order valence-electron chi connectivity index (χ2n) is 7.98. The molecule has 0 bridgehead atoms. The van der Waals surface area contributed by atoms with Gasteiger partial charge in [-0.3, -0.25) is 9.79 Å². The summed E-state index contributed by atoms with van der Waals surface area (Å²) in [4.78, 5) is 21.4. The molecule has 6 nitrogen and oxygen atoms in total. The SMILES string of the molecule is CCC(CC)C(=O)N1CCC(NC(=NC)NCC2CCCN(C)C2)CC1. The Morgan fingerprint density at radius 3 is 2.42 bits per heavy atom. The fourth-order valence-corrected chi connectivity index (χ4v) is 4.21. The molecule has 150 valence electrons. The zero-order chi connectivity index (χ0) is 18.9. The first-order chi connectivity index (χ1) is 12.6. The Morgan fingerprint density at radius 1 is 1.15 bits per heavy atom. The third kappa shape index (κ3) is 6.15. The molecule has 2 rings (SSSR count). The maximum Gasteiger partial charge on any atom is 0.225 e. The maximum atomic E-state index is 12.5. The molecule has 2 N–H and O–H groups in total. The quantitative estimate of drug-likeness (QED) is 0.558. The summed E-state index contributed by atoms with van der Waals surface area (Å²) < 4.78 is 0. The highest BCUT2D eigenvalue weighted by atomic mass is 16.2. The molecule has 0 aromatic carbocycles. The van der Waals surface area contributed by atoms with Crippen molar-refractivity contribution in [2.75, 3.05) is 46.8 Å². The van der Waals surface area contributed by atoms with Crippen LogP contribution in [0.15, 0.2) is 4.99 Å². The average Bonchev–Trinajstić information content (AvgIpc) is 2.66. The molecular weight excluding hydrogens is 326 g/mol. The molecule has 0 spiro atoms. The van der Waals surface area contributed by atoms with Crippen molar-refractivity contribution < 1.29 is 4.79 Å². The molecule has 0 aliphatic carbocycles. The highest BCUT2D eigenvalue weighted by Crippen LogP contribution is 2.17.